The van der Waals surface area contributed by atoms with Gasteiger partial charge in [-0.25, -0.2) is 8.78 Å². The van der Waals surface area contributed by atoms with Gasteiger partial charge in [0.2, 0.25) is 0 Å². The van der Waals surface area contributed by atoms with Gasteiger partial charge in [-0.1, -0.05) is 11.6 Å². The van der Waals surface area contributed by atoms with Crippen LogP contribution in [0.3, 0.4) is 0 Å². The minimum atomic E-state index is -2.76. The quantitative estimate of drug-likeness (QED) is 0.870. The summed E-state index contributed by atoms with van der Waals surface area (Å²) in [5.74, 6) is -1.43. The van der Waals surface area contributed by atoms with Crippen molar-refractivity contribution in [1.82, 2.24) is 0 Å². The van der Waals surface area contributed by atoms with E-state index in [1.807, 2.05) is 0 Å². The molecule has 1 aromatic rings. The Bertz CT molecular complexity index is 493. The van der Waals surface area contributed by atoms with Crippen molar-refractivity contribution < 1.29 is 23.8 Å². The zero-order valence-electron chi connectivity index (χ0n) is 9.91. The van der Waals surface area contributed by atoms with Crippen molar-refractivity contribution in [1.29, 1.82) is 0 Å². The molecule has 0 bridgehead atoms. The van der Waals surface area contributed by atoms with E-state index in [4.69, 9.17) is 5.11 Å². The number of aliphatic carboxylic acids is 1. The predicted molar refractivity (Wildman–Crippen MR) is 61.0 cm³/mol. The maximum atomic E-state index is 12.8. The minimum Gasteiger partial charge on any atom is -0.507 e. The Morgan fingerprint density at radius 3 is 2.50 bits per heavy atom. The van der Waals surface area contributed by atoms with E-state index in [1.165, 1.54) is 6.07 Å². The molecule has 2 rings (SSSR count). The zero-order valence-corrected chi connectivity index (χ0v) is 9.91. The lowest BCUT2D eigenvalue weighted by atomic mass is 9.88. The maximum Gasteiger partial charge on any atom is 0.304 e. The minimum absolute atomic E-state index is 0.132. The number of hydrogen-bond donors (Lipinski definition) is 2. The van der Waals surface area contributed by atoms with E-state index in [-0.39, 0.29) is 6.42 Å². The van der Waals surface area contributed by atoms with Gasteiger partial charge in [-0.3, -0.25) is 4.79 Å². The molecule has 3 nitrogen and oxygen atoms in total. The average Bonchev–Trinajstić information content (AvgIpc) is 3.00. The molecular formula is C13H14F2O3. The molecule has 5 heteroatoms. The van der Waals surface area contributed by atoms with Gasteiger partial charge in [-0.2, -0.15) is 0 Å². The van der Waals surface area contributed by atoms with Crippen LogP contribution in [0.1, 0.15) is 42.4 Å². The van der Waals surface area contributed by atoms with Gasteiger partial charge in [0.1, 0.15) is 5.75 Å². The van der Waals surface area contributed by atoms with Crippen molar-refractivity contribution in [2.24, 2.45) is 0 Å². The van der Waals surface area contributed by atoms with Gasteiger partial charge < -0.3 is 10.2 Å². The first-order valence-corrected chi connectivity index (χ1v) is 5.70. The van der Waals surface area contributed by atoms with Crippen molar-refractivity contribution in [2.75, 3.05) is 0 Å². The van der Waals surface area contributed by atoms with Crippen molar-refractivity contribution in [3.05, 3.63) is 28.8 Å². The molecule has 0 unspecified atom stereocenters. The summed E-state index contributed by atoms with van der Waals surface area (Å²) in [6.45, 7) is 1.66. The molecule has 0 saturated heterocycles. The van der Waals surface area contributed by atoms with Crippen LogP contribution in [-0.2, 0) is 10.2 Å². The lowest BCUT2D eigenvalue weighted by Gasteiger charge is -2.18. The highest BCUT2D eigenvalue weighted by Gasteiger charge is 2.48. The van der Waals surface area contributed by atoms with Crippen LogP contribution in [0.25, 0.3) is 0 Å². The van der Waals surface area contributed by atoms with Gasteiger partial charge in [-0.15, -0.1) is 0 Å². The second-order valence-corrected chi connectivity index (χ2v) is 4.90. The molecule has 18 heavy (non-hydrogen) atoms. The fraction of sp³-hybridized carbons (Fsp3) is 0.462. The highest BCUT2D eigenvalue weighted by Crippen LogP contribution is 2.55. The number of carboxylic acid groups (broad SMARTS) is 1. The van der Waals surface area contributed by atoms with Gasteiger partial charge in [0, 0.05) is 11.0 Å². The molecule has 1 aliphatic rings. The molecule has 0 aliphatic heterocycles. The average molecular weight is 256 g/mol. The third-order valence-electron chi connectivity index (χ3n) is 3.43. The number of carbonyl (C=O) groups is 1. The molecule has 0 heterocycles. The molecule has 2 N–H and O–H groups in total. The molecular weight excluding hydrogens is 242 g/mol. The summed E-state index contributed by atoms with van der Waals surface area (Å²) in [7, 11) is 0. The topological polar surface area (TPSA) is 57.5 Å². The first-order valence-electron chi connectivity index (χ1n) is 5.70. The lowest BCUT2D eigenvalue weighted by molar-refractivity contribution is -0.137. The van der Waals surface area contributed by atoms with Crippen LogP contribution in [0, 0.1) is 6.92 Å². The summed E-state index contributed by atoms with van der Waals surface area (Å²) in [4.78, 5) is 10.8. The van der Waals surface area contributed by atoms with E-state index in [0.29, 0.717) is 24.0 Å². The Labute approximate surface area is 103 Å². The third-order valence-corrected chi connectivity index (χ3v) is 3.43. The van der Waals surface area contributed by atoms with E-state index in [9.17, 15) is 18.7 Å². The fourth-order valence-electron chi connectivity index (χ4n) is 2.36. The number of phenolic OH excluding ortho intramolecular Hbond substituents is 1. The summed E-state index contributed by atoms with van der Waals surface area (Å²) in [6, 6.07) is 2.84. The van der Waals surface area contributed by atoms with Crippen LogP contribution < -0.4 is 0 Å². The third kappa shape index (κ3) is 2.17. The monoisotopic (exact) mass is 256 g/mol. The smallest absolute Gasteiger partial charge is 0.304 e. The zero-order chi connectivity index (χ0) is 13.5. The number of aromatic hydroxyl groups is 1. The van der Waals surface area contributed by atoms with Gasteiger partial charge in [0.25, 0.3) is 6.43 Å². The summed E-state index contributed by atoms with van der Waals surface area (Å²) >= 11 is 0. The Morgan fingerprint density at radius 1 is 1.44 bits per heavy atom. The lowest BCUT2D eigenvalue weighted by Crippen LogP contribution is -2.14. The number of rotatable bonds is 4. The maximum absolute atomic E-state index is 12.8. The molecule has 1 fully saturated rings. The number of benzene rings is 1. The summed E-state index contributed by atoms with van der Waals surface area (Å²) < 4.78 is 25.6. The van der Waals surface area contributed by atoms with Gasteiger partial charge >= 0.3 is 5.97 Å². The van der Waals surface area contributed by atoms with Crippen molar-refractivity contribution in [2.45, 2.75) is 38.0 Å². The fourth-order valence-corrected chi connectivity index (χ4v) is 2.36. The second-order valence-electron chi connectivity index (χ2n) is 4.90. The first kappa shape index (κ1) is 12.8. The Morgan fingerprint density at radius 2 is 2.06 bits per heavy atom. The summed E-state index contributed by atoms with van der Waals surface area (Å²) in [5.41, 5.74) is -0.123. The Kier molecular flexibility index (Phi) is 3.00. The van der Waals surface area contributed by atoms with Crippen LogP contribution in [0.4, 0.5) is 8.78 Å². The highest BCUT2D eigenvalue weighted by atomic mass is 19.3. The normalized spacial score (nSPS) is 16.9. The van der Waals surface area contributed by atoms with Gasteiger partial charge in [0.15, 0.2) is 0 Å². The SMILES string of the molecule is Cc1cc(C(F)F)c(O)c(C2(CC(=O)O)CC2)c1. The van der Waals surface area contributed by atoms with Crippen molar-refractivity contribution in [3.8, 4) is 5.75 Å². The molecule has 1 aliphatic carbocycles. The first-order chi connectivity index (χ1) is 8.35. The van der Waals surface area contributed by atoms with E-state index < -0.39 is 29.1 Å². The van der Waals surface area contributed by atoms with Crippen molar-refractivity contribution in [3.63, 3.8) is 0 Å². The number of hydrogen-bond acceptors (Lipinski definition) is 2. The second kappa shape index (κ2) is 4.23. The van der Waals surface area contributed by atoms with Crippen LogP contribution in [0.5, 0.6) is 5.75 Å². The van der Waals surface area contributed by atoms with E-state index in [1.54, 1.807) is 13.0 Å². The van der Waals surface area contributed by atoms with Crippen molar-refractivity contribution >= 4 is 5.97 Å². The Balaban J connectivity index is 2.48. The summed E-state index contributed by atoms with van der Waals surface area (Å²) in [5, 5.41) is 18.8. The van der Waals surface area contributed by atoms with Crippen LogP contribution in [0.2, 0.25) is 0 Å². The number of aryl methyl sites for hydroxylation is 1. The van der Waals surface area contributed by atoms with Crippen LogP contribution in [0.15, 0.2) is 12.1 Å². The number of alkyl halides is 2. The molecule has 1 saturated carbocycles. The molecule has 0 spiro atoms. The predicted octanol–water partition coefficient (Wildman–Crippen LogP) is 3.14. The number of halogens is 2. The van der Waals surface area contributed by atoms with Crippen LogP contribution >= 0.6 is 0 Å². The van der Waals surface area contributed by atoms with E-state index in [0.717, 1.165) is 0 Å². The highest BCUT2D eigenvalue weighted by molar-refractivity contribution is 5.71. The molecule has 0 radical (unpaired) electrons. The van der Waals surface area contributed by atoms with Crippen LogP contribution in [-0.4, -0.2) is 16.2 Å². The van der Waals surface area contributed by atoms with Gasteiger partial charge in [0.05, 0.1) is 12.0 Å². The molecule has 0 aromatic heterocycles. The van der Waals surface area contributed by atoms with Gasteiger partial charge in [-0.05, 0) is 25.8 Å². The Hall–Kier alpha value is -1.65. The standard InChI is InChI=1S/C13H14F2O3/c1-7-4-8(12(14)15)11(18)9(5-7)13(2-3-13)6-10(16)17/h4-5,12,18H,2-3,6H2,1H3,(H,16,17). The number of phenols is 1. The molecule has 0 amide bonds. The molecule has 1 aromatic carbocycles. The molecule has 98 valence electrons. The largest absolute Gasteiger partial charge is 0.507 e. The summed E-state index contributed by atoms with van der Waals surface area (Å²) in [6.07, 6.45) is -1.67. The van der Waals surface area contributed by atoms with E-state index >= 15 is 0 Å². The van der Waals surface area contributed by atoms with E-state index in [2.05, 4.69) is 0 Å². The molecule has 0 atom stereocenters. The number of carboxylic acids is 1.